The van der Waals surface area contributed by atoms with Gasteiger partial charge in [-0.2, -0.15) is 0 Å². The van der Waals surface area contributed by atoms with Gasteiger partial charge in [0, 0.05) is 0 Å². The molecule has 0 saturated carbocycles. The predicted octanol–water partition coefficient (Wildman–Crippen LogP) is 6.07. The van der Waals surface area contributed by atoms with Crippen LogP contribution in [0.5, 0.6) is 0 Å². The summed E-state index contributed by atoms with van der Waals surface area (Å²) in [5, 5.41) is 2.81. The van der Waals surface area contributed by atoms with Gasteiger partial charge in [0.25, 0.3) is 0 Å². The van der Waals surface area contributed by atoms with E-state index in [0.29, 0.717) is 0 Å². The van der Waals surface area contributed by atoms with Crippen molar-refractivity contribution in [3.05, 3.63) is 96.1 Å². The molecule has 2 aromatic carbocycles. The minimum atomic E-state index is -1.87. The largest absolute Gasteiger partial charge is 0.113 e. The summed E-state index contributed by atoms with van der Waals surface area (Å²) in [5.74, 6) is 0. The molecule has 0 aromatic heterocycles. The van der Waals surface area contributed by atoms with Crippen molar-refractivity contribution in [3.63, 3.8) is 0 Å². The van der Waals surface area contributed by atoms with Crippen LogP contribution in [0, 0.1) is 0 Å². The molecule has 0 N–H and O–H groups in total. The highest BCUT2D eigenvalue weighted by Crippen LogP contribution is 2.42. The molecule has 0 fully saturated rings. The van der Waals surface area contributed by atoms with Gasteiger partial charge >= 0.3 is 0 Å². The van der Waals surface area contributed by atoms with E-state index >= 15 is 0 Å². The number of rotatable bonds is 4. The van der Waals surface area contributed by atoms with Gasteiger partial charge in [-0.3, -0.25) is 0 Å². The zero-order valence-electron chi connectivity index (χ0n) is 14.1. The number of hydrogen-bond donors (Lipinski definition) is 0. The monoisotopic (exact) mass is 316 g/mol. The second-order valence-corrected chi connectivity index (χ2v) is 11.1. The maximum Gasteiger partial charge on any atom is 0.113 e. The number of aryl methyl sites for hydroxylation is 1. The molecule has 0 bridgehead atoms. The highest BCUT2D eigenvalue weighted by Gasteiger charge is 2.35. The van der Waals surface area contributed by atoms with Gasteiger partial charge < -0.3 is 0 Å². The summed E-state index contributed by atoms with van der Waals surface area (Å²) in [6, 6.07) is 19.5. The Labute approximate surface area is 140 Å². The molecule has 0 atom stereocenters. The van der Waals surface area contributed by atoms with E-state index in [1.807, 2.05) is 0 Å². The van der Waals surface area contributed by atoms with Crippen LogP contribution in [0.15, 0.2) is 79.4 Å². The van der Waals surface area contributed by atoms with Crippen LogP contribution in [0.4, 0.5) is 0 Å². The first-order valence-corrected chi connectivity index (χ1v) is 11.2. The third-order valence-electron chi connectivity index (χ3n) is 5.02. The van der Waals surface area contributed by atoms with Gasteiger partial charge in [-0.1, -0.05) is 92.1 Å². The van der Waals surface area contributed by atoms with E-state index < -0.39 is 8.07 Å². The normalized spacial score (nSPS) is 14.3. The fraction of sp³-hybridized carbons (Fsp3) is 0.182. The number of hydrogen-bond acceptors (Lipinski definition) is 0. The zero-order valence-corrected chi connectivity index (χ0v) is 15.1. The molecule has 1 heteroatoms. The number of benzene rings is 2. The van der Waals surface area contributed by atoms with Crippen LogP contribution < -0.4 is 0 Å². The van der Waals surface area contributed by atoms with Crippen LogP contribution in [0.1, 0.15) is 23.1 Å². The SMILES string of the molecule is C=CC1=C([Si](C)(C)C(=C)c2ccccc2)c2ccccc2CC1. The summed E-state index contributed by atoms with van der Waals surface area (Å²) in [6.45, 7) is 13.4. The highest BCUT2D eigenvalue weighted by atomic mass is 28.3. The molecular formula is C22H24Si. The van der Waals surface area contributed by atoms with Crippen molar-refractivity contribution in [2.45, 2.75) is 25.9 Å². The molecule has 0 saturated heterocycles. The van der Waals surface area contributed by atoms with E-state index in [-0.39, 0.29) is 0 Å². The zero-order chi connectivity index (χ0) is 16.4. The average molecular weight is 317 g/mol. The molecule has 0 spiro atoms. The van der Waals surface area contributed by atoms with Gasteiger partial charge in [0.15, 0.2) is 0 Å². The van der Waals surface area contributed by atoms with Gasteiger partial charge in [0.1, 0.15) is 8.07 Å². The van der Waals surface area contributed by atoms with Crippen LogP contribution in [0.2, 0.25) is 13.1 Å². The molecular weight excluding hydrogens is 292 g/mol. The van der Waals surface area contributed by atoms with Crippen molar-refractivity contribution in [2.24, 2.45) is 0 Å². The third-order valence-corrected chi connectivity index (χ3v) is 8.66. The number of fused-ring (bicyclic) bond motifs is 1. The van der Waals surface area contributed by atoms with Crippen LogP contribution in [-0.4, -0.2) is 8.07 Å². The first kappa shape index (κ1) is 15.8. The summed E-state index contributed by atoms with van der Waals surface area (Å²) in [7, 11) is -1.87. The average Bonchev–Trinajstić information content (AvgIpc) is 2.60. The minimum absolute atomic E-state index is 1.09. The lowest BCUT2D eigenvalue weighted by Crippen LogP contribution is -2.33. The maximum atomic E-state index is 4.51. The van der Waals surface area contributed by atoms with Crippen molar-refractivity contribution in [1.29, 1.82) is 0 Å². The summed E-state index contributed by atoms with van der Waals surface area (Å²) in [6.07, 6.45) is 4.27. The fourth-order valence-corrected chi connectivity index (χ4v) is 6.78. The van der Waals surface area contributed by atoms with E-state index in [1.165, 1.54) is 32.7 Å². The van der Waals surface area contributed by atoms with Gasteiger partial charge in [0.2, 0.25) is 0 Å². The van der Waals surface area contributed by atoms with E-state index in [4.69, 9.17) is 0 Å². The van der Waals surface area contributed by atoms with Gasteiger partial charge in [0.05, 0.1) is 0 Å². The molecule has 0 amide bonds. The molecule has 0 radical (unpaired) electrons. The van der Waals surface area contributed by atoms with Gasteiger partial charge in [-0.25, -0.2) is 0 Å². The first-order chi connectivity index (χ1) is 11.1. The second kappa shape index (κ2) is 6.17. The Hall–Kier alpha value is -2.12. The predicted molar refractivity (Wildman–Crippen MR) is 105 cm³/mol. The Morgan fingerprint density at radius 2 is 1.61 bits per heavy atom. The van der Waals surface area contributed by atoms with Crippen LogP contribution in [-0.2, 0) is 6.42 Å². The summed E-state index contributed by atoms with van der Waals surface area (Å²) in [4.78, 5) is 0. The van der Waals surface area contributed by atoms with Crippen molar-refractivity contribution >= 4 is 18.5 Å². The molecule has 2 aromatic rings. The lowest BCUT2D eigenvalue weighted by Gasteiger charge is -2.34. The van der Waals surface area contributed by atoms with Crippen molar-refractivity contribution in [3.8, 4) is 0 Å². The Kier molecular flexibility index (Phi) is 4.23. The van der Waals surface area contributed by atoms with E-state index in [9.17, 15) is 0 Å². The van der Waals surface area contributed by atoms with Crippen LogP contribution in [0.25, 0.3) is 10.4 Å². The fourth-order valence-electron chi connectivity index (χ4n) is 3.64. The van der Waals surface area contributed by atoms with Crippen molar-refractivity contribution < 1.29 is 0 Å². The molecule has 116 valence electrons. The Morgan fingerprint density at radius 1 is 0.957 bits per heavy atom. The number of allylic oxidation sites excluding steroid dienone is 2. The molecule has 1 aliphatic rings. The summed E-state index contributed by atoms with van der Waals surface area (Å²) >= 11 is 0. The molecule has 0 aliphatic heterocycles. The molecule has 0 nitrogen and oxygen atoms in total. The second-order valence-electron chi connectivity index (χ2n) is 6.73. The summed E-state index contributed by atoms with van der Waals surface area (Å²) < 4.78 is 0. The van der Waals surface area contributed by atoms with E-state index in [1.54, 1.807) is 0 Å². The third kappa shape index (κ3) is 2.77. The quantitative estimate of drug-likeness (QED) is 0.600. The lowest BCUT2D eigenvalue weighted by atomic mass is 9.92. The molecule has 3 rings (SSSR count). The highest BCUT2D eigenvalue weighted by molar-refractivity contribution is 7.08. The van der Waals surface area contributed by atoms with Crippen molar-refractivity contribution in [2.75, 3.05) is 0 Å². The van der Waals surface area contributed by atoms with Crippen LogP contribution >= 0.6 is 0 Å². The van der Waals surface area contributed by atoms with Crippen LogP contribution in [0.3, 0.4) is 0 Å². The first-order valence-electron chi connectivity index (χ1n) is 8.25. The minimum Gasteiger partial charge on any atom is -0.0988 e. The standard InChI is InChI=1S/C22H24Si/c1-5-18-15-16-20-13-9-10-14-21(20)22(18)23(3,4)17(2)19-11-7-6-8-12-19/h5-14H,1-2,15-16H2,3-4H3. The topological polar surface area (TPSA) is 0 Å². The molecule has 1 aliphatic carbocycles. The maximum absolute atomic E-state index is 4.51. The summed E-state index contributed by atoms with van der Waals surface area (Å²) in [5.41, 5.74) is 5.57. The molecule has 23 heavy (non-hydrogen) atoms. The molecule has 0 heterocycles. The Morgan fingerprint density at radius 3 is 2.30 bits per heavy atom. The van der Waals surface area contributed by atoms with Gasteiger partial charge in [-0.15, -0.1) is 0 Å². The lowest BCUT2D eigenvalue weighted by molar-refractivity contribution is 0.946. The Balaban J connectivity index is 2.15. The van der Waals surface area contributed by atoms with Gasteiger partial charge in [-0.05, 0) is 40.3 Å². The Bertz CT molecular complexity index is 779. The van der Waals surface area contributed by atoms with E-state index in [0.717, 1.165) is 12.8 Å². The smallest absolute Gasteiger partial charge is 0.0988 e. The van der Waals surface area contributed by atoms with E-state index in [2.05, 4.69) is 86.9 Å². The molecule has 0 unspecified atom stereocenters. The van der Waals surface area contributed by atoms with Crippen molar-refractivity contribution in [1.82, 2.24) is 0 Å².